The van der Waals surface area contributed by atoms with Gasteiger partial charge in [-0.25, -0.2) is 13.6 Å². The molecule has 9 heteroatoms. The lowest BCUT2D eigenvalue weighted by atomic mass is 9.67. The van der Waals surface area contributed by atoms with Crippen molar-refractivity contribution in [2.45, 2.75) is 52.0 Å². The molecule has 0 N–H and O–H groups in total. The molecule has 0 amide bonds. The van der Waals surface area contributed by atoms with Crippen LogP contribution in [0.4, 0.5) is 17.6 Å². The van der Waals surface area contributed by atoms with Crippen molar-refractivity contribution in [2.24, 2.45) is 5.41 Å². The molecular weight excluding hydrogens is 431 g/mol. The fourth-order valence-electron chi connectivity index (χ4n) is 2.90. The quantitative estimate of drug-likeness (QED) is 0.385. The van der Waals surface area contributed by atoms with Crippen LogP contribution in [0.5, 0.6) is 0 Å². The Morgan fingerprint density at radius 3 is 2.43 bits per heavy atom. The van der Waals surface area contributed by atoms with Crippen molar-refractivity contribution in [1.82, 2.24) is 9.78 Å². The van der Waals surface area contributed by atoms with Crippen LogP contribution in [0.15, 0.2) is 0 Å². The molecule has 0 saturated heterocycles. The summed E-state index contributed by atoms with van der Waals surface area (Å²) in [4.78, 5) is 12.1. The first kappa shape index (κ1) is 18.5. The monoisotopic (exact) mass is 448 g/mol. The van der Waals surface area contributed by atoms with E-state index < -0.39 is 28.9 Å². The van der Waals surface area contributed by atoms with E-state index in [1.54, 1.807) is 36.4 Å². The van der Waals surface area contributed by atoms with Gasteiger partial charge in [-0.3, -0.25) is 4.68 Å². The van der Waals surface area contributed by atoms with E-state index in [-0.39, 0.29) is 35.3 Å². The Kier molecular flexibility index (Phi) is 4.73. The van der Waals surface area contributed by atoms with Crippen LogP contribution in [0.3, 0.4) is 0 Å². The maximum Gasteiger partial charge on any atom is 0.357 e. The van der Waals surface area contributed by atoms with Crippen LogP contribution in [0.2, 0.25) is 0 Å². The Balaban J connectivity index is 2.39. The molecular formula is C14H17F4IN2O2. The summed E-state index contributed by atoms with van der Waals surface area (Å²) in [6.45, 7) is 3.93. The average molecular weight is 448 g/mol. The minimum atomic E-state index is -3.24. The molecule has 4 nitrogen and oxygen atoms in total. The molecule has 0 radical (unpaired) electrons. The lowest BCUT2D eigenvalue weighted by Crippen LogP contribution is -2.47. The number of hydrogen-bond acceptors (Lipinski definition) is 3. The fraction of sp³-hybridized carbons (Fsp3) is 0.714. The van der Waals surface area contributed by atoms with Gasteiger partial charge in [0.2, 0.25) is 5.92 Å². The van der Waals surface area contributed by atoms with E-state index in [1.807, 2.05) is 0 Å². The highest BCUT2D eigenvalue weighted by atomic mass is 127. The molecule has 0 spiro atoms. The molecule has 1 saturated carbocycles. The van der Waals surface area contributed by atoms with E-state index in [0.717, 1.165) is 4.68 Å². The largest absolute Gasteiger partial charge is 0.461 e. The Morgan fingerprint density at radius 2 is 2.00 bits per heavy atom. The van der Waals surface area contributed by atoms with E-state index in [9.17, 15) is 22.4 Å². The topological polar surface area (TPSA) is 44.1 Å². The first-order chi connectivity index (χ1) is 10.4. The molecule has 0 bridgehead atoms. The number of ether oxygens (including phenoxy) is 1. The number of carbonyl (C=O) groups is 1. The predicted molar refractivity (Wildman–Crippen MR) is 82.8 cm³/mol. The normalized spacial score (nSPS) is 19.3. The molecule has 1 heterocycles. The number of halogens is 5. The molecule has 1 aliphatic rings. The molecule has 1 aliphatic carbocycles. The van der Waals surface area contributed by atoms with E-state index in [0.29, 0.717) is 6.92 Å². The van der Waals surface area contributed by atoms with Gasteiger partial charge in [-0.05, 0) is 34.9 Å². The molecule has 0 unspecified atom stereocenters. The van der Waals surface area contributed by atoms with Crippen LogP contribution in [0.25, 0.3) is 0 Å². The van der Waals surface area contributed by atoms with Crippen LogP contribution >= 0.6 is 22.6 Å². The summed E-state index contributed by atoms with van der Waals surface area (Å²) in [7, 11) is 0. The first-order valence-corrected chi connectivity index (χ1v) is 8.16. The molecule has 2 rings (SSSR count). The Labute approximate surface area is 144 Å². The van der Waals surface area contributed by atoms with Gasteiger partial charge in [0.25, 0.3) is 5.92 Å². The minimum absolute atomic E-state index is 0.0109. The van der Waals surface area contributed by atoms with Gasteiger partial charge in [0.05, 0.1) is 10.2 Å². The Morgan fingerprint density at radius 1 is 1.43 bits per heavy atom. The standard InChI is InChI=1S/C14H17F4IN2O2/c1-4-23-11(22)9-8(19)10(13(3,15)16)20-21(9)7-12(2)5-14(17,18)6-12/h4-7H2,1-3H3. The maximum absolute atomic E-state index is 13.7. The molecule has 0 aromatic carbocycles. The lowest BCUT2D eigenvalue weighted by Gasteiger charge is -2.44. The van der Waals surface area contributed by atoms with Crippen molar-refractivity contribution >= 4 is 28.6 Å². The number of alkyl halides is 4. The number of nitrogens with zero attached hydrogens (tertiary/aromatic N) is 2. The third-order valence-corrected chi connectivity index (χ3v) is 4.70. The summed E-state index contributed by atoms with van der Waals surface area (Å²) < 4.78 is 59.6. The van der Waals surface area contributed by atoms with Crippen LogP contribution in [-0.4, -0.2) is 28.3 Å². The number of aromatic nitrogens is 2. The van der Waals surface area contributed by atoms with Crippen molar-refractivity contribution in [3.63, 3.8) is 0 Å². The van der Waals surface area contributed by atoms with Crippen molar-refractivity contribution in [3.05, 3.63) is 15.0 Å². The van der Waals surface area contributed by atoms with Crippen LogP contribution in [0, 0.1) is 8.99 Å². The van der Waals surface area contributed by atoms with Crippen molar-refractivity contribution in [3.8, 4) is 0 Å². The zero-order valence-corrected chi connectivity index (χ0v) is 15.1. The average Bonchev–Trinajstić information content (AvgIpc) is 2.62. The molecule has 0 atom stereocenters. The molecule has 0 aliphatic heterocycles. The zero-order valence-electron chi connectivity index (χ0n) is 12.9. The van der Waals surface area contributed by atoms with Gasteiger partial charge >= 0.3 is 5.97 Å². The van der Waals surface area contributed by atoms with E-state index >= 15 is 0 Å². The third-order valence-electron chi connectivity index (χ3n) is 3.68. The van der Waals surface area contributed by atoms with Gasteiger partial charge in [0.1, 0.15) is 5.69 Å². The van der Waals surface area contributed by atoms with Crippen LogP contribution < -0.4 is 0 Å². The van der Waals surface area contributed by atoms with Gasteiger partial charge in [-0.2, -0.15) is 13.9 Å². The first-order valence-electron chi connectivity index (χ1n) is 7.08. The summed E-state index contributed by atoms with van der Waals surface area (Å²) in [5.74, 6) is -6.78. The highest BCUT2D eigenvalue weighted by Crippen LogP contribution is 2.52. The summed E-state index contributed by atoms with van der Waals surface area (Å²) in [5.41, 5.74) is -1.45. The summed E-state index contributed by atoms with van der Waals surface area (Å²) in [6.07, 6.45) is -0.729. The minimum Gasteiger partial charge on any atom is -0.461 e. The van der Waals surface area contributed by atoms with E-state index in [1.165, 1.54) is 0 Å². The van der Waals surface area contributed by atoms with Gasteiger partial charge < -0.3 is 4.74 Å². The highest BCUT2D eigenvalue weighted by molar-refractivity contribution is 14.1. The Bertz CT molecular complexity index is 617. The summed E-state index contributed by atoms with van der Waals surface area (Å²) in [6, 6.07) is 0. The second kappa shape index (κ2) is 5.89. The van der Waals surface area contributed by atoms with E-state index in [4.69, 9.17) is 4.74 Å². The van der Waals surface area contributed by atoms with Gasteiger partial charge in [0.15, 0.2) is 5.69 Å². The molecule has 23 heavy (non-hydrogen) atoms. The van der Waals surface area contributed by atoms with Crippen molar-refractivity contribution < 1.29 is 27.1 Å². The molecule has 1 aromatic rings. The molecule has 130 valence electrons. The second-order valence-electron chi connectivity index (χ2n) is 6.30. The number of carbonyl (C=O) groups excluding carboxylic acids is 1. The predicted octanol–water partition coefficient (Wildman–Crippen LogP) is 4.21. The fourth-order valence-corrected chi connectivity index (χ4v) is 3.98. The van der Waals surface area contributed by atoms with Crippen molar-refractivity contribution in [1.29, 1.82) is 0 Å². The van der Waals surface area contributed by atoms with Crippen LogP contribution in [0.1, 0.15) is 49.8 Å². The zero-order chi connectivity index (χ0) is 17.6. The SMILES string of the molecule is CCOC(=O)c1c(I)c(C(C)(F)F)nn1CC1(C)CC(F)(F)C1. The smallest absolute Gasteiger partial charge is 0.357 e. The number of esters is 1. The number of rotatable bonds is 5. The van der Waals surface area contributed by atoms with E-state index in [2.05, 4.69) is 5.10 Å². The molecule has 1 aromatic heterocycles. The summed E-state index contributed by atoms with van der Waals surface area (Å²) >= 11 is 1.62. The van der Waals surface area contributed by atoms with Crippen molar-refractivity contribution in [2.75, 3.05) is 6.61 Å². The number of hydrogen-bond donors (Lipinski definition) is 0. The summed E-state index contributed by atoms with van der Waals surface area (Å²) in [5, 5.41) is 3.81. The van der Waals surface area contributed by atoms with Crippen LogP contribution in [-0.2, 0) is 17.2 Å². The lowest BCUT2D eigenvalue weighted by molar-refractivity contribution is -0.160. The Hall–Kier alpha value is -0.870. The molecule has 1 fully saturated rings. The highest BCUT2D eigenvalue weighted by Gasteiger charge is 2.54. The maximum atomic E-state index is 13.7. The van der Waals surface area contributed by atoms with Gasteiger partial charge in [0, 0.05) is 26.3 Å². The second-order valence-corrected chi connectivity index (χ2v) is 7.38. The van der Waals surface area contributed by atoms with Gasteiger partial charge in [-0.15, -0.1) is 0 Å². The van der Waals surface area contributed by atoms with Gasteiger partial charge in [-0.1, -0.05) is 6.92 Å². The third kappa shape index (κ3) is 3.80.